The van der Waals surface area contributed by atoms with Crippen molar-refractivity contribution in [1.29, 1.82) is 0 Å². The number of imidazole rings is 1. The largest absolute Gasteiger partial charge is 0.375 e. The summed E-state index contributed by atoms with van der Waals surface area (Å²) in [5, 5.41) is 3.14. The zero-order chi connectivity index (χ0) is 16.4. The monoisotopic (exact) mass is 330 g/mol. The number of hydrogen-bond acceptors (Lipinski definition) is 5. The number of nitrogens with zero attached hydrogens (tertiary/aromatic N) is 4. The molecule has 0 unspecified atom stereocenters. The molecule has 0 aromatic carbocycles. The summed E-state index contributed by atoms with van der Waals surface area (Å²) >= 11 is 1.66. The SMILES string of the molecule is CO[C@H](C)c1nc(CN(C)Cc2c(C)nc3ccccn23)cs1. The number of pyridine rings is 1. The van der Waals surface area contributed by atoms with E-state index in [9.17, 15) is 0 Å². The Kier molecular flexibility index (Phi) is 4.75. The lowest BCUT2D eigenvalue weighted by atomic mass is 10.3. The fourth-order valence-corrected chi connectivity index (χ4v) is 3.47. The van der Waals surface area contributed by atoms with E-state index in [1.165, 1.54) is 5.69 Å². The number of aryl methyl sites for hydroxylation is 1. The van der Waals surface area contributed by atoms with Crippen molar-refractivity contribution >= 4 is 17.0 Å². The van der Waals surface area contributed by atoms with Crippen LogP contribution in [0.15, 0.2) is 29.8 Å². The van der Waals surface area contributed by atoms with Crippen LogP contribution in [0.2, 0.25) is 0 Å². The van der Waals surface area contributed by atoms with Crippen molar-refractivity contribution in [1.82, 2.24) is 19.3 Å². The van der Waals surface area contributed by atoms with Gasteiger partial charge in [0, 0.05) is 31.8 Å². The maximum atomic E-state index is 5.33. The second-order valence-corrected chi connectivity index (χ2v) is 6.69. The summed E-state index contributed by atoms with van der Waals surface area (Å²) in [6, 6.07) is 6.09. The molecule has 3 rings (SSSR count). The fraction of sp³-hybridized carbons (Fsp3) is 0.412. The normalized spacial score (nSPS) is 13.1. The molecule has 6 heteroatoms. The van der Waals surface area contributed by atoms with Crippen LogP contribution < -0.4 is 0 Å². The van der Waals surface area contributed by atoms with Gasteiger partial charge in [-0.25, -0.2) is 9.97 Å². The second kappa shape index (κ2) is 6.78. The molecule has 0 radical (unpaired) electrons. The summed E-state index contributed by atoms with van der Waals surface area (Å²) in [6.07, 6.45) is 2.12. The van der Waals surface area contributed by atoms with E-state index in [1.54, 1.807) is 18.4 Å². The van der Waals surface area contributed by atoms with Crippen LogP contribution >= 0.6 is 11.3 Å². The van der Waals surface area contributed by atoms with Crippen molar-refractivity contribution in [2.24, 2.45) is 0 Å². The standard InChI is InChI=1S/C17H22N4OS/c1-12-15(21-8-6-5-7-16(21)18-12)10-20(3)9-14-11-23-17(19-14)13(2)22-4/h5-8,11,13H,9-10H2,1-4H3/t13-/m1/s1. The summed E-state index contributed by atoms with van der Waals surface area (Å²) in [5.74, 6) is 0. The minimum absolute atomic E-state index is 0.0556. The number of rotatable bonds is 6. The van der Waals surface area contributed by atoms with Gasteiger partial charge in [0.25, 0.3) is 0 Å². The van der Waals surface area contributed by atoms with Crippen molar-refractivity contribution in [3.63, 3.8) is 0 Å². The topological polar surface area (TPSA) is 42.7 Å². The Morgan fingerprint density at radius 3 is 2.91 bits per heavy atom. The van der Waals surface area contributed by atoms with Gasteiger partial charge < -0.3 is 9.14 Å². The molecule has 1 atom stereocenters. The molecule has 0 amide bonds. The van der Waals surface area contributed by atoms with Crippen molar-refractivity contribution in [3.05, 3.63) is 51.9 Å². The van der Waals surface area contributed by atoms with Gasteiger partial charge in [0.2, 0.25) is 0 Å². The summed E-state index contributed by atoms with van der Waals surface area (Å²) < 4.78 is 7.48. The summed E-state index contributed by atoms with van der Waals surface area (Å²) in [4.78, 5) is 11.5. The highest BCUT2D eigenvalue weighted by atomic mass is 32.1. The van der Waals surface area contributed by atoms with E-state index in [0.29, 0.717) is 0 Å². The zero-order valence-corrected chi connectivity index (χ0v) is 14.8. The first-order chi connectivity index (χ1) is 11.1. The molecule has 23 heavy (non-hydrogen) atoms. The molecule has 122 valence electrons. The van der Waals surface area contributed by atoms with Gasteiger partial charge in [-0.15, -0.1) is 11.3 Å². The first-order valence-electron chi connectivity index (χ1n) is 7.66. The molecule has 0 N–H and O–H groups in total. The smallest absolute Gasteiger partial charge is 0.137 e. The van der Waals surface area contributed by atoms with Gasteiger partial charge in [-0.05, 0) is 33.0 Å². The molecular weight excluding hydrogens is 308 g/mol. The van der Waals surface area contributed by atoms with Gasteiger partial charge in [0.1, 0.15) is 16.8 Å². The molecule has 0 saturated carbocycles. The number of ether oxygens (including phenoxy) is 1. The Morgan fingerprint density at radius 2 is 2.13 bits per heavy atom. The van der Waals surface area contributed by atoms with E-state index < -0.39 is 0 Å². The Hall–Kier alpha value is -1.76. The Bertz CT molecular complexity index is 795. The minimum Gasteiger partial charge on any atom is -0.375 e. The average molecular weight is 330 g/mol. The number of aromatic nitrogens is 3. The highest BCUT2D eigenvalue weighted by molar-refractivity contribution is 7.09. The highest BCUT2D eigenvalue weighted by Gasteiger charge is 2.13. The predicted molar refractivity (Wildman–Crippen MR) is 92.6 cm³/mol. The lowest BCUT2D eigenvalue weighted by Gasteiger charge is -2.15. The van der Waals surface area contributed by atoms with Gasteiger partial charge in [0.15, 0.2) is 0 Å². The number of thiazole rings is 1. The molecule has 3 aromatic heterocycles. The highest BCUT2D eigenvalue weighted by Crippen LogP contribution is 2.21. The molecule has 0 spiro atoms. The molecule has 0 aliphatic heterocycles. The number of hydrogen-bond donors (Lipinski definition) is 0. The maximum absolute atomic E-state index is 5.33. The molecule has 3 heterocycles. The second-order valence-electron chi connectivity index (χ2n) is 5.80. The van der Waals surface area contributed by atoms with Crippen LogP contribution in [0, 0.1) is 6.92 Å². The van der Waals surface area contributed by atoms with Crippen molar-refractivity contribution in [2.45, 2.75) is 33.0 Å². The van der Waals surface area contributed by atoms with Crippen molar-refractivity contribution in [3.8, 4) is 0 Å². The maximum Gasteiger partial charge on any atom is 0.137 e. The fourth-order valence-electron chi connectivity index (χ4n) is 2.63. The van der Waals surface area contributed by atoms with Gasteiger partial charge in [-0.1, -0.05) is 6.07 Å². The average Bonchev–Trinajstić information content (AvgIpc) is 3.12. The summed E-state index contributed by atoms with van der Waals surface area (Å²) in [5.41, 5.74) is 4.39. The van der Waals surface area contributed by atoms with Crippen LogP contribution in [-0.2, 0) is 17.8 Å². The first-order valence-corrected chi connectivity index (χ1v) is 8.54. The van der Waals surface area contributed by atoms with Gasteiger partial charge in [-0.2, -0.15) is 0 Å². The van der Waals surface area contributed by atoms with Gasteiger partial charge >= 0.3 is 0 Å². The molecular formula is C17H22N4OS. The van der Waals surface area contributed by atoms with Crippen molar-refractivity contribution in [2.75, 3.05) is 14.2 Å². The van der Waals surface area contributed by atoms with Crippen LogP contribution in [0.1, 0.15) is 35.1 Å². The van der Waals surface area contributed by atoms with E-state index in [1.807, 2.05) is 25.1 Å². The van der Waals surface area contributed by atoms with Crippen LogP contribution in [-0.4, -0.2) is 33.4 Å². The van der Waals surface area contributed by atoms with Crippen LogP contribution in [0.3, 0.4) is 0 Å². The molecule has 0 saturated heterocycles. The third-order valence-electron chi connectivity index (χ3n) is 3.95. The van der Waals surface area contributed by atoms with E-state index in [-0.39, 0.29) is 6.10 Å². The zero-order valence-electron chi connectivity index (χ0n) is 14.0. The van der Waals surface area contributed by atoms with Crippen molar-refractivity contribution < 1.29 is 4.74 Å². The quantitative estimate of drug-likeness (QED) is 0.694. The van der Waals surface area contributed by atoms with Crippen LogP contribution in [0.5, 0.6) is 0 Å². The Labute approximate surface area is 140 Å². The minimum atomic E-state index is 0.0556. The van der Waals surface area contributed by atoms with E-state index >= 15 is 0 Å². The van der Waals surface area contributed by atoms with E-state index in [2.05, 4.69) is 44.8 Å². The molecule has 5 nitrogen and oxygen atoms in total. The third kappa shape index (κ3) is 3.44. The number of fused-ring (bicyclic) bond motifs is 1. The Morgan fingerprint density at radius 1 is 1.30 bits per heavy atom. The first kappa shape index (κ1) is 16.1. The van der Waals surface area contributed by atoms with E-state index in [0.717, 1.165) is 35.1 Å². The van der Waals surface area contributed by atoms with Gasteiger partial charge in [0.05, 0.1) is 17.1 Å². The third-order valence-corrected chi connectivity index (χ3v) is 5.01. The Balaban J connectivity index is 1.72. The lowest BCUT2D eigenvalue weighted by Crippen LogP contribution is -2.19. The molecule has 0 bridgehead atoms. The molecule has 3 aromatic rings. The van der Waals surface area contributed by atoms with Gasteiger partial charge in [-0.3, -0.25) is 4.90 Å². The molecule has 0 aliphatic rings. The molecule has 0 aliphatic carbocycles. The summed E-state index contributed by atoms with van der Waals surface area (Å²) in [6.45, 7) is 5.74. The van der Waals surface area contributed by atoms with E-state index in [4.69, 9.17) is 4.74 Å². The summed E-state index contributed by atoms with van der Waals surface area (Å²) in [7, 11) is 3.83. The lowest BCUT2D eigenvalue weighted by molar-refractivity contribution is 0.119. The van der Waals surface area contributed by atoms with Crippen LogP contribution in [0.25, 0.3) is 5.65 Å². The predicted octanol–water partition coefficient (Wildman–Crippen LogP) is 3.44. The molecule has 0 fully saturated rings. The number of methoxy groups -OCH3 is 1. The van der Waals surface area contributed by atoms with Crippen LogP contribution in [0.4, 0.5) is 0 Å².